The summed E-state index contributed by atoms with van der Waals surface area (Å²) in [6, 6.07) is 0. The van der Waals surface area contributed by atoms with Crippen LogP contribution in [0.15, 0.2) is 0 Å². The van der Waals surface area contributed by atoms with E-state index < -0.39 is 32.6 Å². The molecule has 0 aromatic rings. The van der Waals surface area contributed by atoms with Crippen molar-refractivity contribution in [3.8, 4) is 0 Å². The second kappa shape index (κ2) is 4.87. The average molecular weight is 318 g/mol. The molecule has 0 radical (unpaired) electrons. The van der Waals surface area contributed by atoms with Crippen molar-refractivity contribution in [2.75, 3.05) is 12.3 Å². The van der Waals surface area contributed by atoms with Gasteiger partial charge in [-0.05, 0) is 2.85 Å². The Labute approximate surface area is 89.4 Å². The van der Waals surface area contributed by atoms with Gasteiger partial charge in [0.05, 0.1) is 5.75 Å². The van der Waals surface area contributed by atoms with Gasteiger partial charge in [-0.2, -0.15) is 21.6 Å². The molecule has 2 N–H and O–H groups in total. The van der Waals surface area contributed by atoms with Crippen molar-refractivity contribution in [1.29, 1.82) is 0 Å². The number of rotatable bonds is 5. The molecular formula is C2H6BrClN2O5S2. The summed E-state index contributed by atoms with van der Waals surface area (Å²) in [6.07, 6.45) is 0. The summed E-state index contributed by atoms with van der Waals surface area (Å²) in [5, 5.41) is 0. The molecule has 0 spiro atoms. The monoisotopic (exact) mass is 316 g/mol. The van der Waals surface area contributed by atoms with E-state index in [4.69, 9.17) is 16.3 Å². The zero-order chi connectivity index (χ0) is 10.7. The molecule has 0 amide bonds. The fourth-order valence-electron chi connectivity index (χ4n) is 0.348. The number of hydrogen-bond acceptors (Lipinski definition) is 4. The van der Waals surface area contributed by atoms with E-state index in [-0.39, 0.29) is 2.85 Å². The van der Waals surface area contributed by atoms with E-state index in [2.05, 4.69) is 16.1 Å². The van der Waals surface area contributed by atoms with Crippen LogP contribution in [0.3, 0.4) is 0 Å². The minimum absolute atomic E-state index is 0.185. The Kier molecular flexibility index (Phi) is 5.07. The molecule has 13 heavy (non-hydrogen) atoms. The average Bonchev–Trinajstić information content (AvgIpc) is 1.82. The van der Waals surface area contributed by atoms with Crippen LogP contribution in [0.1, 0.15) is 0 Å². The summed E-state index contributed by atoms with van der Waals surface area (Å²) in [7, 11) is -8.11. The Morgan fingerprint density at radius 3 is 2.15 bits per heavy atom. The van der Waals surface area contributed by atoms with Gasteiger partial charge in [0.1, 0.15) is 0 Å². The second-order valence-corrected chi connectivity index (χ2v) is 7.16. The van der Waals surface area contributed by atoms with Gasteiger partial charge < -0.3 is 0 Å². The van der Waals surface area contributed by atoms with Crippen LogP contribution in [-0.2, 0) is 20.3 Å². The lowest BCUT2D eigenvalue weighted by molar-refractivity contribution is 0.482. The molecule has 0 bridgehead atoms. The molecule has 0 heterocycles. The van der Waals surface area contributed by atoms with E-state index in [9.17, 15) is 16.8 Å². The van der Waals surface area contributed by atoms with Crippen LogP contribution in [0.2, 0.25) is 0 Å². The first-order valence-corrected chi connectivity index (χ1v) is 6.81. The van der Waals surface area contributed by atoms with E-state index in [0.717, 1.165) is 0 Å². The highest BCUT2D eigenvalue weighted by Gasteiger charge is 2.17. The molecule has 0 aliphatic rings. The molecule has 0 atom stereocenters. The summed E-state index contributed by atoms with van der Waals surface area (Å²) in [4.78, 5) is 0. The number of nitrogens with one attached hydrogen (secondary N) is 1. The van der Waals surface area contributed by atoms with Crippen molar-refractivity contribution in [1.82, 2.24) is 7.57 Å². The zero-order valence-electron chi connectivity index (χ0n) is 6.01. The topological polar surface area (TPSA) is 104 Å². The smallest absolute Gasteiger partial charge is 0.286 e. The fraction of sp³-hybridized carbons (Fsp3) is 1.00. The van der Waals surface area contributed by atoms with Gasteiger partial charge in [0.25, 0.3) is 10.1 Å². The predicted molar refractivity (Wildman–Crippen MR) is 50.0 cm³/mol. The summed E-state index contributed by atoms with van der Waals surface area (Å²) in [6.45, 7) is -0.462. The molecule has 0 aliphatic heterocycles. The summed E-state index contributed by atoms with van der Waals surface area (Å²) >= 11 is 7.42. The molecule has 7 nitrogen and oxygen atoms in total. The highest BCUT2D eigenvalue weighted by molar-refractivity contribution is 9.09. The maximum atomic E-state index is 10.8. The molecule has 80 valence electrons. The molecule has 11 heteroatoms. The summed E-state index contributed by atoms with van der Waals surface area (Å²) in [5.41, 5.74) is 0. The molecule has 0 saturated carbocycles. The second-order valence-electron chi connectivity index (χ2n) is 1.86. The van der Waals surface area contributed by atoms with E-state index in [1.807, 2.05) is 0 Å². The minimum atomic E-state index is -4.18. The summed E-state index contributed by atoms with van der Waals surface area (Å²) < 4.78 is 52.1. The lowest BCUT2D eigenvalue weighted by atomic mass is 10.8. The van der Waals surface area contributed by atoms with Crippen LogP contribution in [0, 0.1) is 0 Å². The lowest BCUT2D eigenvalue weighted by Crippen LogP contribution is -2.33. The fourth-order valence-corrected chi connectivity index (χ4v) is 1.75. The minimum Gasteiger partial charge on any atom is -0.286 e. The van der Waals surface area contributed by atoms with Crippen LogP contribution in [-0.4, -0.2) is 36.5 Å². The Hall–Kier alpha value is 0.550. The third-order valence-corrected chi connectivity index (χ3v) is 4.17. The highest BCUT2D eigenvalue weighted by atomic mass is 79.9. The summed E-state index contributed by atoms with van der Waals surface area (Å²) in [5.74, 6) is -0.718. The first-order chi connectivity index (χ1) is 5.65. The standard InChI is InChI=1S/C2H6BrClN2O5S2/c3-6(4)13(10,11)5-1-2-12(7,8)9/h5H,1-2H2,(H,7,8,9). The normalized spacial score (nSPS) is 13.5. The van der Waals surface area contributed by atoms with Crippen molar-refractivity contribution >= 4 is 48.3 Å². The van der Waals surface area contributed by atoms with Gasteiger partial charge in [-0.3, -0.25) is 4.55 Å². The van der Waals surface area contributed by atoms with Gasteiger partial charge in [-0.25, -0.2) is 0 Å². The zero-order valence-corrected chi connectivity index (χ0v) is 9.99. The number of halogens is 2. The predicted octanol–water partition coefficient (Wildman–Crippen LogP) is -0.526. The van der Waals surface area contributed by atoms with Crippen LogP contribution in [0.25, 0.3) is 0 Å². The third kappa shape index (κ3) is 6.60. The highest BCUT2D eigenvalue weighted by Crippen LogP contribution is 2.07. The largest absolute Gasteiger partial charge is 0.303 e. The van der Waals surface area contributed by atoms with Crippen LogP contribution in [0.5, 0.6) is 0 Å². The maximum absolute atomic E-state index is 10.8. The first kappa shape index (κ1) is 13.5. The Morgan fingerprint density at radius 2 is 1.85 bits per heavy atom. The van der Waals surface area contributed by atoms with Gasteiger partial charge in [0, 0.05) is 34.5 Å². The van der Waals surface area contributed by atoms with Crippen LogP contribution < -0.4 is 4.72 Å². The first-order valence-electron chi connectivity index (χ1n) is 2.72. The van der Waals surface area contributed by atoms with E-state index in [1.54, 1.807) is 4.72 Å². The van der Waals surface area contributed by atoms with Gasteiger partial charge in [-0.15, -0.1) is 0 Å². The van der Waals surface area contributed by atoms with Gasteiger partial charge in [0.15, 0.2) is 0 Å². The Morgan fingerprint density at radius 1 is 1.38 bits per heavy atom. The molecule has 0 fully saturated rings. The van der Waals surface area contributed by atoms with E-state index >= 15 is 0 Å². The van der Waals surface area contributed by atoms with Gasteiger partial charge in [0.2, 0.25) is 0 Å². The van der Waals surface area contributed by atoms with Crippen molar-refractivity contribution in [2.24, 2.45) is 0 Å². The van der Waals surface area contributed by atoms with E-state index in [0.29, 0.717) is 0 Å². The lowest BCUT2D eigenvalue weighted by Gasteiger charge is -2.06. The van der Waals surface area contributed by atoms with Crippen LogP contribution in [0.4, 0.5) is 0 Å². The Balaban J connectivity index is 4.07. The molecular weight excluding hydrogens is 312 g/mol. The van der Waals surface area contributed by atoms with Crippen LogP contribution >= 0.6 is 27.9 Å². The maximum Gasteiger partial charge on any atom is 0.303 e. The van der Waals surface area contributed by atoms with Crippen molar-refractivity contribution in [3.63, 3.8) is 0 Å². The molecule has 0 aliphatic carbocycles. The van der Waals surface area contributed by atoms with Gasteiger partial charge in [-0.1, -0.05) is 0 Å². The molecule has 0 aromatic carbocycles. The molecule has 0 unspecified atom stereocenters. The SMILES string of the molecule is O=S(=O)(O)CCNS(=O)(=O)N(Cl)Br. The third-order valence-electron chi connectivity index (χ3n) is 0.826. The molecule has 0 saturated heterocycles. The molecule has 0 rings (SSSR count). The van der Waals surface area contributed by atoms with Crippen molar-refractivity contribution in [2.45, 2.75) is 0 Å². The quantitative estimate of drug-likeness (QED) is 0.524. The van der Waals surface area contributed by atoms with Crippen molar-refractivity contribution < 1.29 is 21.4 Å². The van der Waals surface area contributed by atoms with Crippen molar-refractivity contribution in [3.05, 3.63) is 0 Å². The van der Waals surface area contributed by atoms with E-state index in [1.165, 1.54) is 0 Å². The molecule has 0 aromatic heterocycles. The van der Waals surface area contributed by atoms with Gasteiger partial charge >= 0.3 is 10.2 Å². The number of hydrogen-bond donors (Lipinski definition) is 2. The number of nitrogens with zero attached hydrogens (tertiary/aromatic N) is 1. The Bertz CT molecular complexity index is 349.